The number of carbonyl (C=O) groups is 1. The number of hydrogen-bond acceptors (Lipinski definition) is 7. The summed E-state index contributed by atoms with van der Waals surface area (Å²) in [5.41, 5.74) is 6.71. The van der Waals surface area contributed by atoms with Gasteiger partial charge in [0.1, 0.15) is 11.6 Å². The lowest BCUT2D eigenvalue weighted by Crippen LogP contribution is -2.34. The minimum atomic E-state index is -4.51. The molecule has 12 heteroatoms. The van der Waals surface area contributed by atoms with Crippen LogP contribution in [0.3, 0.4) is 0 Å². The summed E-state index contributed by atoms with van der Waals surface area (Å²) in [5.74, 6) is 0.231. The summed E-state index contributed by atoms with van der Waals surface area (Å²) in [6, 6.07) is 4.87. The molecule has 0 saturated carbocycles. The first-order valence-electron chi connectivity index (χ1n) is 10.4. The number of aryl methyl sites for hydroxylation is 1. The summed E-state index contributed by atoms with van der Waals surface area (Å²) in [5, 5.41) is 0.633. The summed E-state index contributed by atoms with van der Waals surface area (Å²) in [7, 11) is 0. The maximum atomic E-state index is 13.7. The van der Waals surface area contributed by atoms with Crippen LogP contribution >= 0.6 is 15.9 Å². The fourth-order valence-electron chi connectivity index (χ4n) is 3.49. The third-order valence-corrected chi connectivity index (χ3v) is 6.47. The van der Waals surface area contributed by atoms with Gasteiger partial charge in [0.25, 0.3) is 5.91 Å². The van der Waals surface area contributed by atoms with E-state index in [1.54, 1.807) is 31.5 Å². The van der Waals surface area contributed by atoms with Gasteiger partial charge in [0.05, 0.1) is 33.9 Å². The van der Waals surface area contributed by atoms with E-state index in [4.69, 9.17) is 5.73 Å². The van der Waals surface area contributed by atoms with Crippen molar-refractivity contribution in [2.45, 2.75) is 32.6 Å². The van der Waals surface area contributed by atoms with Crippen LogP contribution in [0.2, 0.25) is 0 Å². The lowest BCUT2D eigenvalue weighted by molar-refractivity contribution is -0.137. The van der Waals surface area contributed by atoms with Gasteiger partial charge in [-0.15, -0.1) is 0 Å². The van der Waals surface area contributed by atoms with E-state index >= 15 is 0 Å². The summed E-state index contributed by atoms with van der Waals surface area (Å²) < 4.78 is 39.5. The second kappa shape index (κ2) is 9.53. The number of nitrogen functional groups attached to an aromatic ring is 1. The van der Waals surface area contributed by atoms with Crippen molar-refractivity contribution in [2.24, 2.45) is 0 Å². The molecule has 0 bridgehead atoms. The maximum absolute atomic E-state index is 13.7. The third-order valence-electron chi connectivity index (χ3n) is 5.47. The van der Waals surface area contributed by atoms with Gasteiger partial charge >= 0.3 is 6.18 Å². The van der Waals surface area contributed by atoms with E-state index in [1.165, 1.54) is 17.2 Å². The number of rotatable bonds is 5. The highest BCUT2D eigenvalue weighted by Gasteiger charge is 2.31. The zero-order valence-electron chi connectivity index (χ0n) is 18.6. The Kier molecular flexibility index (Phi) is 6.66. The highest BCUT2D eigenvalue weighted by atomic mass is 79.9. The number of nitrogens with zero attached hydrogens (tertiary/aromatic N) is 6. The number of hydrogen-bond donors (Lipinski definition) is 1. The van der Waals surface area contributed by atoms with E-state index in [0.29, 0.717) is 21.3 Å². The van der Waals surface area contributed by atoms with Gasteiger partial charge in [0.15, 0.2) is 5.65 Å². The van der Waals surface area contributed by atoms with E-state index in [9.17, 15) is 18.0 Å². The molecule has 4 aromatic heterocycles. The number of halogens is 4. The molecule has 1 atom stereocenters. The van der Waals surface area contributed by atoms with Crippen LogP contribution in [0.25, 0.3) is 11.0 Å². The largest absolute Gasteiger partial charge is 0.417 e. The number of carbonyl (C=O) groups excluding carboxylic acids is 1. The Morgan fingerprint density at radius 3 is 2.49 bits per heavy atom. The number of fused-ring (bicyclic) bond motifs is 1. The van der Waals surface area contributed by atoms with Crippen LogP contribution in [-0.4, -0.2) is 35.7 Å². The summed E-state index contributed by atoms with van der Waals surface area (Å²) in [6.45, 7) is 3.48. The van der Waals surface area contributed by atoms with Gasteiger partial charge in [-0.2, -0.15) is 13.2 Å². The Bertz CT molecular complexity index is 1380. The molecule has 4 rings (SSSR count). The quantitative estimate of drug-likeness (QED) is 0.380. The summed E-state index contributed by atoms with van der Waals surface area (Å²) in [4.78, 5) is 36.0. The zero-order valence-corrected chi connectivity index (χ0v) is 20.2. The first-order valence-corrected chi connectivity index (χ1v) is 11.2. The molecule has 0 aliphatic rings. The number of anilines is 1. The minimum Gasteiger partial charge on any atom is -0.383 e. The van der Waals surface area contributed by atoms with Gasteiger partial charge in [0.2, 0.25) is 0 Å². The van der Waals surface area contributed by atoms with Crippen molar-refractivity contribution in [1.82, 2.24) is 29.8 Å². The van der Waals surface area contributed by atoms with E-state index < -0.39 is 23.7 Å². The second-order valence-corrected chi connectivity index (χ2v) is 8.58. The molecule has 1 amide bonds. The molecule has 8 nitrogen and oxygen atoms in total. The van der Waals surface area contributed by atoms with Gasteiger partial charge in [-0.05, 0) is 59.6 Å². The van der Waals surface area contributed by atoms with Crippen LogP contribution in [0.15, 0.2) is 53.5 Å². The number of alkyl halides is 3. The zero-order chi connectivity index (χ0) is 25.3. The molecule has 0 aliphatic heterocycles. The SMILES string of the molecule is Cc1c(Br)c(N)nc2ncc(C(=O)N(Cc3ccc(C(F)(F)F)cn3)[C@H](C)c3ncccn3)cc12. The minimum absolute atomic E-state index is 0.0723. The molecule has 35 heavy (non-hydrogen) atoms. The molecule has 0 aromatic carbocycles. The number of aromatic nitrogens is 5. The first kappa shape index (κ1) is 24.5. The van der Waals surface area contributed by atoms with Crippen molar-refractivity contribution in [3.8, 4) is 0 Å². The molecule has 180 valence electrons. The Balaban J connectivity index is 1.73. The summed E-state index contributed by atoms with van der Waals surface area (Å²) in [6.07, 6.45) is 0.720. The lowest BCUT2D eigenvalue weighted by atomic mass is 10.1. The van der Waals surface area contributed by atoms with Crippen molar-refractivity contribution in [2.75, 3.05) is 5.73 Å². The smallest absolute Gasteiger partial charge is 0.383 e. The second-order valence-electron chi connectivity index (χ2n) is 7.78. The van der Waals surface area contributed by atoms with Crippen molar-refractivity contribution in [3.05, 3.63) is 81.7 Å². The molecule has 0 unspecified atom stereocenters. The van der Waals surface area contributed by atoms with Crippen LogP contribution in [0.1, 0.15) is 46.0 Å². The fourth-order valence-corrected chi connectivity index (χ4v) is 3.79. The van der Waals surface area contributed by atoms with Crippen molar-refractivity contribution >= 4 is 38.7 Å². The Morgan fingerprint density at radius 1 is 1.14 bits per heavy atom. The Morgan fingerprint density at radius 2 is 1.86 bits per heavy atom. The topological polar surface area (TPSA) is 111 Å². The number of amides is 1. The van der Waals surface area contributed by atoms with E-state index in [2.05, 4.69) is 40.8 Å². The number of nitrogens with two attached hydrogens (primary N) is 1. The van der Waals surface area contributed by atoms with Crippen LogP contribution in [0, 0.1) is 6.92 Å². The monoisotopic (exact) mass is 545 g/mol. The predicted octanol–water partition coefficient (Wildman–Crippen LogP) is 4.89. The lowest BCUT2D eigenvalue weighted by Gasteiger charge is -2.28. The predicted molar refractivity (Wildman–Crippen MR) is 126 cm³/mol. The molecular formula is C23H19BrF3N7O. The highest BCUT2D eigenvalue weighted by Crippen LogP contribution is 2.31. The first-order chi connectivity index (χ1) is 16.6. The maximum Gasteiger partial charge on any atom is 0.417 e. The molecule has 4 heterocycles. The molecule has 0 radical (unpaired) electrons. The Labute approximate surface area is 206 Å². The van der Waals surface area contributed by atoms with Gasteiger partial charge in [-0.25, -0.2) is 19.9 Å². The fraction of sp³-hybridized carbons (Fsp3) is 0.217. The molecule has 0 saturated heterocycles. The highest BCUT2D eigenvalue weighted by molar-refractivity contribution is 9.10. The molecule has 4 aromatic rings. The summed E-state index contributed by atoms with van der Waals surface area (Å²) >= 11 is 3.39. The average molecular weight is 546 g/mol. The van der Waals surface area contributed by atoms with E-state index in [-0.39, 0.29) is 23.6 Å². The molecule has 0 fully saturated rings. The molecule has 2 N–H and O–H groups in total. The molecule has 0 aliphatic carbocycles. The van der Waals surface area contributed by atoms with Crippen molar-refractivity contribution in [3.63, 3.8) is 0 Å². The van der Waals surface area contributed by atoms with Gasteiger partial charge < -0.3 is 10.6 Å². The average Bonchev–Trinajstić information content (AvgIpc) is 2.85. The van der Waals surface area contributed by atoms with Crippen LogP contribution in [0.4, 0.5) is 19.0 Å². The van der Waals surface area contributed by atoms with Gasteiger partial charge in [-0.1, -0.05) is 0 Å². The van der Waals surface area contributed by atoms with Crippen LogP contribution < -0.4 is 5.73 Å². The van der Waals surface area contributed by atoms with Crippen LogP contribution in [-0.2, 0) is 12.7 Å². The van der Waals surface area contributed by atoms with Crippen molar-refractivity contribution in [1.29, 1.82) is 0 Å². The van der Waals surface area contributed by atoms with Gasteiger partial charge in [0, 0.05) is 30.2 Å². The number of pyridine rings is 3. The molecule has 0 spiro atoms. The third kappa shape index (κ3) is 5.06. The van der Waals surface area contributed by atoms with Crippen molar-refractivity contribution < 1.29 is 18.0 Å². The molecular weight excluding hydrogens is 527 g/mol. The Hall–Kier alpha value is -3.67. The normalized spacial score (nSPS) is 12.5. The van der Waals surface area contributed by atoms with Crippen LogP contribution in [0.5, 0.6) is 0 Å². The van der Waals surface area contributed by atoms with E-state index in [0.717, 1.165) is 17.8 Å². The van der Waals surface area contributed by atoms with E-state index in [1.807, 2.05) is 6.92 Å². The standard InChI is InChI=1S/C23H19BrF3N7O/c1-12-17-8-14(9-32-21(17)33-19(28)18(12)24)22(35)34(13(2)20-29-6-3-7-30-20)11-16-5-4-15(10-31-16)23(25,26)27/h3-10,13H,11H2,1-2H3,(H2,28,32,33)/t13-/m1/s1. The van der Waals surface area contributed by atoms with Gasteiger partial charge in [-0.3, -0.25) is 9.78 Å².